The zero-order valence-corrected chi connectivity index (χ0v) is 79.3. The van der Waals surface area contributed by atoms with Gasteiger partial charge >= 0.3 is 5.97 Å². The van der Waals surface area contributed by atoms with Crippen LogP contribution in [-0.2, 0) is 133 Å². The number of tetrazole rings is 1. The van der Waals surface area contributed by atoms with Gasteiger partial charge in [-0.15, -0.1) is 10.2 Å². The van der Waals surface area contributed by atoms with Gasteiger partial charge in [0.2, 0.25) is 53.2 Å². The van der Waals surface area contributed by atoms with Gasteiger partial charge in [0.1, 0.15) is 46.9 Å². The van der Waals surface area contributed by atoms with Crippen LogP contribution in [0.4, 0.5) is 4.39 Å². The van der Waals surface area contributed by atoms with E-state index in [4.69, 9.17) is 16.2 Å². The maximum absolute atomic E-state index is 15.7. The van der Waals surface area contributed by atoms with Crippen molar-refractivity contribution in [3.05, 3.63) is 160 Å². The number of aromatic amines is 2. The number of aliphatic hydroxyl groups excluding tert-OH is 4. The van der Waals surface area contributed by atoms with E-state index in [0.29, 0.717) is 74.4 Å². The van der Waals surface area contributed by atoms with Crippen molar-refractivity contribution in [3.63, 3.8) is 0 Å². The van der Waals surface area contributed by atoms with E-state index in [2.05, 4.69) is 83.4 Å². The molecule has 0 saturated heterocycles. The standard InChI is InChI=1S/C96H128FN19O23/c1-9-61-41-70(139-36-13-12-35-116-51-67(110-115-116)23-28-78(124)76(53-118)104-84(129)31-25-69(122)50-102-83(128)30-24-68(121)48-98)26-27-71(61)62-21-19-59(20-22-62)40-64(90(134)105-73(89(99)133)18-14-15-60-38-55(2)37-56(3)39-60)42-79(125)75(45-86(131)132)106-91(135)65(52-117)43-80(126)87(57(4)119)109-94(138)96(8,46-63-16-10-11-17-72(63)97)47-81(127)88(58(5)120)108-85(130)32-29-77(123)74(44-82-111-113-114-112-82)107-93(137)95(6,7)92(136)101-34-33-66-49-100-54-103-66/h10-11,16-17,19-22,26-27,37-39,41,49,51,54,57-58,64-65,73-76,87-88,117-120H,9,12-15,18,23-25,28-36,40,42-48,50,52-53,98H2,1-8H3,(H2,99,133)(H,100,103)(H,101,136)(H,102,128)(H,104,129)(H,105,134)(H,106,135)(H,107,137)(H,108,130)(H,109,138)(H,131,132)(H,111,112,113,114)/t57-,58-,64-,65+,73+,74+,75+,76+,87+,88+,96-/m1/s1. The van der Waals surface area contributed by atoms with E-state index in [-0.39, 0.29) is 94.6 Å². The number of Topliss-reactive ketones (excluding diaryl/α,β-unsaturated/α-hetero) is 7. The summed E-state index contributed by atoms with van der Waals surface area (Å²) in [5.74, 6) is -18.0. The molecular formula is C96H128FN19O23. The van der Waals surface area contributed by atoms with Gasteiger partial charge in [-0.2, -0.15) is 0 Å². The Balaban J connectivity index is 0.987. The highest BCUT2D eigenvalue weighted by Crippen LogP contribution is 2.33. The van der Waals surface area contributed by atoms with Gasteiger partial charge in [-0.3, -0.25) is 86.2 Å². The lowest BCUT2D eigenvalue weighted by atomic mass is 9.76. The van der Waals surface area contributed by atoms with Gasteiger partial charge in [-0.05, 0) is 155 Å². The molecule has 0 unspecified atom stereocenters. The zero-order chi connectivity index (χ0) is 102. The summed E-state index contributed by atoms with van der Waals surface area (Å²) in [5, 5.41) is 94.7. The minimum Gasteiger partial charge on any atom is -0.494 e. The monoisotopic (exact) mass is 1930 g/mol. The predicted octanol–water partition coefficient (Wildman–Crippen LogP) is 1.15. The fourth-order valence-corrected chi connectivity index (χ4v) is 15.4. The number of hydrogen-bond donors (Lipinski definition) is 17. The first-order valence-corrected chi connectivity index (χ1v) is 46.1. The third-order valence-electron chi connectivity index (χ3n) is 23.5. The number of aromatic nitrogens is 9. The summed E-state index contributed by atoms with van der Waals surface area (Å²) >= 11 is 0. The first-order valence-electron chi connectivity index (χ1n) is 46.1. The molecule has 19 N–H and O–H groups in total. The van der Waals surface area contributed by atoms with Gasteiger partial charge in [-0.1, -0.05) is 96.9 Å². The van der Waals surface area contributed by atoms with Crippen LogP contribution in [0.25, 0.3) is 11.1 Å². The van der Waals surface area contributed by atoms with Crippen molar-refractivity contribution in [1.29, 1.82) is 0 Å². The molecule has 4 aromatic carbocycles. The summed E-state index contributed by atoms with van der Waals surface area (Å²) in [6.07, 6.45) is -2.51. The van der Waals surface area contributed by atoms with Crippen LogP contribution in [0.3, 0.4) is 0 Å². The van der Waals surface area contributed by atoms with E-state index in [9.17, 15) is 107 Å². The Morgan fingerprint density at radius 1 is 0.590 bits per heavy atom. The van der Waals surface area contributed by atoms with Crippen LogP contribution in [-0.4, -0.2) is 259 Å². The Hall–Kier alpha value is -13.8. The number of hydrogen-bond acceptors (Lipinski definition) is 29. The van der Waals surface area contributed by atoms with E-state index in [1.807, 2.05) is 57.2 Å². The van der Waals surface area contributed by atoms with Crippen LogP contribution in [0.2, 0.25) is 0 Å². The number of aliphatic carboxylic acids is 1. The third kappa shape index (κ3) is 36.9. The fourth-order valence-electron chi connectivity index (χ4n) is 15.4. The maximum Gasteiger partial charge on any atom is 0.305 e. The number of rotatable bonds is 65. The lowest BCUT2D eigenvalue weighted by Crippen LogP contribution is -2.55. The number of carboxylic acid groups (broad SMARTS) is 1. The number of carboxylic acids is 1. The number of nitrogens with two attached hydrogens (primary N) is 2. The van der Waals surface area contributed by atoms with Gasteiger partial charge in [0, 0.05) is 121 Å². The molecule has 0 bridgehead atoms. The number of ketones is 7. The van der Waals surface area contributed by atoms with Crippen molar-refractivity contribution < 1.29 is 116 Å². The number of aryl methyl sites for hydroxylation is 6. The van der Waals surface area contributed by atoms with Crippen LogP contribution < -0.4 is 58.7 Å². The molecule has 7 aromatic rings. The van der Waals surface area contributed by atoms with Crippen molar-refractivity contribution in [2.75, 3.05) is 39.5 Å². The molecule has 752 valence electrons. The number of carbonyl (C=O) groups is 17. The molecule has 0 saturated carbocycles. The van der Waals surface area contributed by atoms with Gasteiger partial charge in [0.25, 0.3) is 0 Å². The van der Waals surface area contributed by atoms with Crippen LogP contribution >= 0.6 is 0 Å². The molecule has 139 heavy (non-hydrogen) atoms. The number of imidazole rings is 1. The molecule has 0 aliphatic rings. The van der Waals surface area contributed by atoms with E-state index in [0.717, 1.165) is 53.3 Å². The topological polar surface area (TPSA) is 663 Å². The predicted molar refractivity (Wildman–Crippen MR) is 498 cm³/mol. The number of primary amides is 1. The molecule has 0 radical (unpaired) electrons. The minimum absolute atomic E-state index is 0.0444. The molecule has 11 atom stereocenters. The molecule has 43 heteroatoms. The summed E-state index contributed by atoms with van der Waals surface area (Å²) in [6, 6.07) is 14.1. The van der Waals surface area contributed by atoms with E-state index < -0.39 is 229 Å². The summed E-state index contributed by atoms with van der Waals surface area (Å²) < 4.78 is 23.4. The quantitative estimate of drug-likeness (QED) is 0.0188. The van der Waals surface area contributed by atoms with Crippen LogP contribution in [0, 0.1) is 42.3 Å². The highest BCUT2D eigenvalue weighted by molar-refractivity contribution is 6.06. The average molecular weight is 1940 g/mol. The first-order chi connectivity index (χ1) is 66.0. The Morgan fingerprint density at radius 2 is 1.24 bits per heavy atom. The average Bonchev–Trinajstić information content (AvgIpc) is 1.44. The fraction of sp³-hybridized carbons (Fsp3) is 0.510. The number of nitrogens with one attached hydrogen (secondary N) is 10. The molecule has 0 spiro atoms. The highest BCUT2D eigenvalue weighted by atomic mass is 19.1. The number of halogens is 1. The second-order valence-electron chi connectivity index (χ2n) is 35.6. The first kappa shape index (κ1) is 112. The van der Waals surface area contributed by atoms with Crippen LogP contribution in [0.1, 0.15) is 188 Å². The second-order valence-corrected chi connectivity index (χ2v) is 35.6. The number of H-pyrrole nitrogens is 2. The summed E-state index contributed by atoms with van der Waals surface area (Å²) in [5.41, 5.74) is 14.4. The van der Waals surface area contributed by atoms with Crippen LogP contribution in [0.5, 0.6) is 5.75 Å². The summed E-state index contributed by atoms with van der Waals surface area (Å²) in [4.78, 5) is 236. The number of carbonyl (C=O) groups excluding carboxylic acids is 16. The van der Waals surface area contributed by atoms with Gasteiger partial charge in [-0.25, -0.2) is 14.5 Å². The smallest absolute Gasteiger partial charge is 0.305 e. The zero-order valence-electron chi connectivity index (χ0n) is 79.3. The molecule has 3 aromatic heterocycles. The summed E-state index contributed by atoms with van der Waals surface area (Å²) in [6.45, 7) is 10.4. The SMILES string of the molecule is CCc1cc(OCCCCn2cc(CCC(=O)[C@H](CO)NC(=O)CCC(=O)CNC(=O)CCC(=O)CN)nn2)ccc1-c1ccc(C[C@H](CC(=O)[C@H](CC(=O)O)NC(=O)[C@H](CO)CC(=O)[C@@H](NC(=O)[C@@](C)(CC(=O)[C@@H](NC(=O)CCC(=O)[C@H](Cc2nnn[nH]2)NC(=O)C(C)(C)C(=O)NCCc2cnc[nH]2)[C@@H](C)O)Cc2ccccc2F)[C@@H](C)O)C(=O)N[C@@H](CCCc2cc(C)cc(C)c2)C(N)=O)cc1. The number of aliphatic hydroxyl groups is 4. The maximum atomic E-state index is 15.7. The number of nitrogens with zero attached hydrogens (tertiary/aromatic N) is 7. The molecule has 0 fully saturated rings. The molecule has 0 aliphatic heterocycles. The Bertz CT molecular complexity index is 5380. The van der Waals surface area contributed by atoms with E-state index in [1.54, 1.807) is 41.3 Å². The molecule has 9 amide bonds. The van der Waals surface area contributed by atoms with Crippen molar-refractivity contribution in [3.8, 4) is 16.9 Å². The van der Waals surface area contributed by atoms with Crippen molar-refractivity contribution in [1.82, 2.24) is 88.1 Å². The second kappa shape index (κ2) is 55.6. The molecule has 3 heterocycles. The van der Waals surface area contributed by atoms with E-state index in [1.165, 1.54) is 45.3 Å². The van der Waals surface area contributed by atoms with Crippen molar-refractivity contribution in [2.45, 2.75) is 252 Å². The van der Waals surface area contributed by atoms with E-state index >= 15 is 4.39 Å². The molecule has 0 aliphatic carbocycles. The molecule has 42 nitrogen and oxygen atoms in total. The number of unbranched alkanes of at least 4 members (excludes halogenated alkanes) is 1. The molecule has 7 rings (SSSR count). The Labute approximate surface area is 802 Å². The summed E-state index contributed by atoms with van der Waals surface area (Å²) in [7, 11) is 0. The van der Waals surface area contributed by atoms with Crippen LogP contribution in [0.15, 0.2) is 104 Å². The van der Waals surface area contributed by atoms with Gasteiger partial charge in [0.05, 0.1) is 87.0 Å². The number of ether oxygens (including phenoxy) is 1. The van der Waals surface area contributed by atoms with Crippen molar-refractivity contribution >= 4 is 99.6 Å². The Morgan fingerprint density at radius 3 is 1.88 bits per heavy atom. The number of benzene rings is 4. The lowest BCUT2D eigenvalue weighted by molar-refractivity contribution is -0.143. The van der Waals surface area contributed by atoms with Crippen molar-refractivity contribution in [2.24, 2.45) is 34.1 Å². The van der Waals surface area contributed by atoms with Gasteiger partial charge < -0.3 is 89.3 Å². The number of amides is 9. The highest BCUT2D eigenvalue weighted by Gasteiger charge is 2.44. The lowest BCUT2D eigenvalue weighted by Gasteiger charge is -2.33. The van der Waals surface area contributed by atoms with Gasteiger partial charge in [0.15, 0.2) is 40.5 Å². The molecular weight excluding hydrogens is 1810 g/mol. The third-order valence-corrected chi connectivity index (χ3v) is 23.5. The largest absolute Gasteiger partial charge is 0.494 e. The minimum atomic E-state index is -2.13. The Kier molecular flexibility index (Phi) is 44.9. The normalized spacial score (nSPS) is 14.0.